The second kappa shape index (κ2) is 6.00. The number of nitrogens with zero attached hydrogens (tertiary/aromatic N) is 4. The third-order valence-electron chi connectivity index (χ3n) is 4.02. The molecule has 2 aromatic heterocycles. The van der Waals surface area contributed by atoms with Crippen molar-refractivity contribution in [3.05, 3.63) is 52.4 Å². The minimum Gasteiger partial charge on any atom is -0.372 e. The maximum Gasteiger partial charge on any atom is 0.275 e. The van der Waals surface area contributed by atoms with Gasteiger partial charge in [-0.3, -0.25) is 4.79 Å². The molecular formula is C16H17N5OS. The lowest BCUT2D eigenvalue weighted by molar-refractivity contribution is 0.895. The van der Waals surface area contributed by atoms with Gasteiger partial charge in [-0.1, -0.05) is 23.5 Å². The number of benzene rings is 1. The lowest BCUT2D eigenvalue weighted by Gasteiger charge is -2.17. The van der Waals surface area contributed by atoms with Crippen LogP contribution < -0.4 is 15.8 Å². The van der Waals surface area contributed by atoms with Crippen molar-refractivity contribution in [1.29, 1.82) is 0 Å². The summed E-state index contributed by atoms with van der Waals surface area (Å²) < 4.78 is 1.32. The monoisotopic (exact) mass is 327 g/mol. The van der Waals surface area contributed by atoms with Crippen LogP contribution in [0, 0.1) is 0 Å². The predicted octanol–water partition coefficient (Wildman–Crippen LogP) is 2.36. The first-order valence-corrected chi connectivity index (χ1v) is 8.54. The Labute approximate surface area is 137 Å². The molecule has 0 amide bonds. The third kappa shape index (κ3) is 2.92. The molecule has 7 heteroatoms. The zero-order chi connectivity index (χ0) is 15.6. The van der Waals surface area contributed by atoms with Gasteiger partial charge in [-0.2, -0.15) is 4.52 Å². The quantitative estimate of drug-likeness (QED) is 0.797. The molecule has 0 saturated carbocycles. The smallest absolute Gasteiger partial charge is 0.275 e. The molecule has 0 unspecified atom stereocenters. The normalized spacial score (nSPS) is 14.5. The van der Waals surface area contributed by atoms with E-state index >= 15 is 0 Å². The fourth-order valence-corrected chi connectivity index (χ4v) is 3.56. The summed E-state index contributed by atoms with van der Waals surface area (Å²) >= 11 is 1.38. The van der Waals surface area contributed by atoms with Gasteiger partial charge in [0.15, 0.2) is 0 Å². The molecule has 1 aliphatic heterocycles. The lowest BCUT2D eigenvalue weighted by Crippen LogP contribution is -2.17. The summed E-state index contributed by atoms with van der Waals surface area (Å²) in [7, 11) is 0. The fraction of sp³-hybridized carbons (Fsp3) is 0.312. The van der Waals surface area contributed by atoms with E-state index in [0.29, 0.717) is 16.6 Å². The minimum atomic E-state index is -0.158. The molecule has 1 saturated heterocycles. The number of aromatic nitrogens is 3. The Bertz CT molecular complexity index is 864. The molecule has 0 aliphatic carbocycles. The Morgan fingerprint density at radius 3 is 2.65 bits per heavy atom. The molecule has 0 bridgehead atoms. The molecule has 118 valence electrons. The molecule has 23 heavy (non-hydrogen) atoms. The van der Waals surface area contributed by atoms with Crippen LogP contribution in [0.15, 0.2) is 41.3 Å². The molecule has 1 aliphatic rings. The van der Waals surface area contributed by atoms with Crippen molar-refractivity contribution in [3.8, 4) is 0 Å². The van der Waals surface area contributed by atoms with Gasteiger partial charge in [-0.15, -0.1) is 5.10 Å². The Morgan fingerprint density at radius 1 is 1.13 bits per heavy atom. The van der Waals surface area contributed by atoms with Gasteiger partial charge in [0.25, 0.3) is 5.56 Å². The maximum absolute atomic E-state index is 11.7. The van der Waals surface area contributed by atoms with E-state index < -0.39 is 0 Å². The van der Waals surface area contributed by atoms with Crippen LogP contribution in [-0.4, -0.2) is 27.7 Å². The molecule has 1 N–H and O–H groups in total. The number of rotatable bonds is 4. The van der Waals surface area contributed by atoms with Gasteiger partial charge in [0.2, 0.25) is 10.1 Å². The molecule has 1 aromatic carbocycles. The van der Waals surface area contributed by atoms with E-state index in [2.05, 4.69) is 44.6 Å². The second-order valence-electron chi connectivity index (χ2n) is 5.60. The number of anilines is 2. The zero-order valence-corrected chi connectivity index (χ0v) is 13.4. The molecule has 4 rings (SSSR count). The van der Waals surface area contributed by atoms with Gasteiger partial charge >= 0.3 is 0 Å². The van der Waals surface area contributed by atoms with Crippen LogP contribution in [0.25, 0.3) is 4.96 Å². The van der Waals surface area contributed by atoms with Crippen LogP contribution in [0.3, 0.4) is 0 Å². The van der Waals surface area contributed by atoms with Gasteiger partial charge < -0.3 is 10.2 Å². The predicted molar refractivity (Wildman–Crippen MR) is 92.3 cm³/mol. The van der Waals surface area contributed by atoms with Gasteiger partial charge in [0.1, 0.15) is 0 Å². The molecule has 0 atom stereocenters. The molecule has 1 fully saturated rings. The van der Waals surface area contributed by atoms with Crippen molar-refractivity contribution in [2.75, 3.05) is 23.3 Å². The zero-order valence-electron chi connectivity index (χ0n) is 12.6. The van der Waals surface area contributed by atoms with Crippen LogP contribution in [0.5, 0.6) is 0 Å². The van der Waals surface area contributed by atoms with E-state index in [9.17, 15) is 4.79 Å². The highest BCUT2D eigenvalue weighted by molar-refractivity contribution is 7.20. The second-order valence-corrected chi connectivity index (χ2v) is 6.55. The van der Waals surface area contributed by atoms with E-state index in [-0.39, 0.29) is 5.56 Å². The van der Waals surface area contributed by atoms with Gasteiger partial charge in [-0.25, -0.2) is 4.98 Å². The number of fused-ring (bicyclic) bond motifs is 1. The van der Waals surface area contributed by atoms with Crippen LogP contribution in [0.1, 0.15) is 18.4 Å². The van der Waals surface area contributed by atoms with Gasteiger partial charge in [-0.05, 0) is 30.5 Å². The van der Waals surface area contributed by atoms with Crippen LogP contribution in [0.2, 0.25) is 0 Å². The van der Waals surface area contributed by atoms with Crippen LogP contribution in [-0.2, 0) is 6.54 Å². The van der Waals surface area contributed by atoms with Crippen LogP contribution in [0.4, 0.5) is 10.8 Å². The van der Waals surface area contributed by atoms with Crippen molar-refractivity contribution in [3.63, 3.8) is 0 Å². The first-order valence-electron chi connectivity index (χ1n) is 7.72. The fourth-order valence-electron chi connectivity index (χ4n) is 2.79. The number of nitrogens with one attached hydrogen (secondary N) is 1. The van der Waals surface area contributed by atoms with E-state index in [1.54, 1.807) is 0 Å². The first-order chi connectivity index (χ1) is 11.3. The molecule has 0 spiro atoms. The molecule has 3 heterocycles. The highest BCUT2D eigenvalue weighted by Gasteiger charge is 2.12. The first kappa shape index (κ1) is 14.2. The Kier molecular flexibility index (Phi) is 3.70. The molecule has 0 radical (unpaired) electrons. The van der Waals surface area contributed by atoms with E-state index in [1.165, 1.54) is 52.2 Å². The SMILES string of the molecule is O=c1ccnc2sc(NCc3ccc(N4CCCC4)cc3)nn12. The summed E-state index contributed by atoms with van der Waals surface area (Å²) in [5.74, 6) is 0. The molecular weight excluding hydrogens is 310 g/mol. The number of hydrogen-bond donors (Lipinski definition) is 1. The Morgan fingerprint density at radius 2 is 1.91 bits per heavy atom. The van der Waals surface area contributed by atoms with E-state index in [1.807, 2.05) is 0 Å². The third-order valence-corrected chi connectivity index (χ3v) is 4.90. The van der Waals surface area contributed by atoms with Crippen molar-refractivity contribution >= 4 is 27.1 Å². The van der Waals surface area contributed by atoms with Crippen molar-refractivity contribution in [2.24, 2.45) is 0 Å². The van der Waals surface area contributed by atoms with E-state index in [4.69, 9.17) is 0 Å². The average Bonchev–Trinajstić information content (AvgIpc) is 3.24. The van der Waals surface area contributed by atoms with Crippen molar-refractivity contribution in [2.45, 2.75) is 19.4 Å². The van der Waals surface area contributed by atoms with E-state index in [0.717, 1.165) is 13.1 Å². The standard InChI is InChI=1S/C16H17N5OS/c22-14-7-8-17-16-21(14)19-15(23-16)18-11-12-3-5-13(6-4-12)20-9-1-2-10-20/h3-8H,1-2,9-11H2,(H,18,19). The van der Waals surface area contributed by atoms with Crippen molar-refractivity contribution < 1.29 is 0 Å². The molecule has 3 aromatic rings. The summed E-state index contributed by atoms with van der Waals surface area (Å²) in [6.45, 7) is 2.99. The minimum absolute atomic E-state index is 0.158. The summed E-state index contributed by atoms with van der Waals surface area (Å²) in [4.78, 5) is 18.8. The Hall–Kier alpha value is -2.41. The summed E-state index contributed by atoms with van der Waals surface area (Å²) in [6, 6.07) is 10.0. The topological polar surface area (TPSA) is 62.5 Å². The summed E-state index contributed by atoms with van der Waals surface area (Å²) in [5.41, 5.74) is 2.32. The van der Waals surface area contributed by atoms with Crippen molar-refractivity contribution in [1.82, 2.24) is 14.6 Å². The summed E-state index contributed by atoms with van der Waals surface area (Å²) in [5, 5.41) is 8.21. The summed E-state index contributed by atoms with van der Waals surface area (Å²) in [6.07, 6.45) is 4.08. The average molecular weight is 327 g/mol. The lowest BCUT2D eigenvalue weighted by atomic mass is 10.2. The molecule has 6 nitrogen and oxygen atoms in total. The highest BCUT2D eigenvalue weighted by Crippen LogP contribution is 2.21. The van der Waals surface area contributed by atoms with Gasteiger partial charge in [0, 0.05) is 37.6 Å². The largest absolute Gasteiger partial charge is 0.372 e. The Balaban J connectivity index is 1.45. The highest BCUT2D eigenvalue weighted by atomic mass is 32.1. The number of hydrogen-bond acceptors (Lipinski definition) is 6. The van der Waals surface area contributed by atoms with Gasteiger partial charge in [0.05, 0.1) is 0 Å². The van der Waals surface area contributed by atoms with Crippen LogP contribution >= 0.6 is 11.3 Å². The maximum atomic E-state index is 11.7.